The van der Waals surface area contributed by atoms with Crippen molar-refractivity contribution < 1.29 is 13.9 Å². The third-order valence-electron chi connectivity index (χ3n) is 4.12. The van der Waals surface area contributed by atoms with Gasteiger partial charge in [0.15, 0.2) is 0 Å². The fraction of sp³-hybridized carbons (Fsp3) is 0.500. The zero-order valence-corrected chi connectivity index (χ0v) is 14.8. The number of carbonyl (C=O) groups is 1. The number of furan rings is 1. The lowest BCUT2D eigenvalue weighted by molar-refractivity contribution is 0.0792. The molecule has 2 aromatic heterocycles. The van der Waals surface area contributed by atoms with Crippen LogP contribution in [0.25, 0.3) is 0 Å². The third-order valence-corrected chi connectivity index (χ3v) is 4.98. The van der Waals surface area contributed by atoms with Crippen molar-refractivity contribution >= 4 is 17.4 Å². The summed E-state index contributed by atoms with van der Waals surface area (Å²) in [6, 6.07) is 7.84. The molecule has 2 amide bonds. The van der Waals surface area contributed by atoms with Gasteiger partial charge in [0.1, 0.15) is 5.76 Å². The molecule has 24 heavy (non-hydrogen) atoms. The van der Waals surface area contributed by atoms with E-state index in [0.717, 1.165) is 25.2 Å². The Bertz CT molecular complexity index is 606. The van der Waals surface area contributed by atoms with Crippen LogP contribution < -0.4 is 5.32 Å². The predicted molar refractivity (Wildman–Crippen MR) is 94.1 cm³/mol. The number of nitrogens with one attached hydrogen (secondary N) is 1. The van der Waals surface area contributed by atoms with Gasteiger partial charge in [-0.15, -0.1) is 11.3 Å². The maximum atomic E-state index is 12.7. The second-order valence-electron chi connectivity index (χ2n) is 6.23. The third kappa shape index (κ3) is 4.85. The van der Waals surface area contributed by atoms with Crippen LogP contribution in [0.15, 0.2) is 40.3 Å². The molecule has 1 aliphatic rings. The van der Waals surface area contributed by atoms with Gasteiger partial charge in [0.05, 0.1) is 18.9 Å². The summed E-state index contributed by atoms with van der Waals surface area (Å²) in [6.45, 7) is 4.05. The number of hydrogen-bond donors (Lipinski definition) is 1. The highest BCUT2D eigenvalue weighted by Gasteiger charge is 2.24. The van der Waals surface area contributed by atoms with E-state index in [0.29, 0.717) is 19.5 Å². The topological polar surface area (TPSA) is 54.7 Å². The summed E-state index contributed by atoms with van der Waals surface area (Å²) < 4.78 is 11.1. The lowest BCUT2D eigenvalue weighted by Crippen LogP contribution is -2.46. The van der Waals surface area contributed by atoms with Gasteiger partial charge in [-0.2, -0.15) is 0 Å². The van der Waals surface area contributed by atoms with E-state index in [2.05, 4.69) is 11.4 Å². The van der Waals surface area contributed by atoms with E-state index >= 15 is 0 Å². The van der Waals surface area contributed by atoms with E-state index in [9.17, 15) is 4.79 Å². The number of rotatable bonds is 7. The van der Waals surface area contributed by atoms with Crippen LogP contribution in [0.3, 0.4) is 0 Å². The van der Waals surface area contributed by atoms with Crippen molar-refractivity contribution in [2.75, 3.05) is 13.2 Å². The number of ether oxygens (including phenoxy) is 1. The van der Waals surface area contributed by atoms with Crippen LogP contribution in [-0.2, 0) is 17.7 Å². The molecule has 5 nitrogen and oxygen atoms in total. The Morgan fingerprint density at radius 3 is 3.04 bits per heavy atom. The van der Waals surface area contributed by atoms with E-state index < -0.39 is 0 Å². The van der Waals surface area contributed by atoms with Crippen molar-refractivity contribution in [2.24, 2.45) is 0 Å². The molecule has 130 valence electrons. The summed E-state index contributed by atoms with van der Waals surface area (Å²) in [5, 5.41) is 5.12. The van der Waals surface area contributed by atoms with Gasteiger partial charge in [0.25, 0.3) is 0 Å². The van der Waals surface area contributed by atoms with Gasteiger partial charge < -0.3 is 19.4 Å². The van der Waals surface area contributed by atoms with Crippen molar-refractivity contribution in [3.05, 3.63) is 46.5 Å². The Morgan fingerprint density at radius 2 is 2.38 bits per heavy atom. The first-order valence-electron chi connectivity index (χ1n) is 8.42. The minimum absolute atomic E-state index is 0.0129. The number of amides is 2. The van der Waals surface area contributed by atoms with Crippen LogP contribution in [-0.4, -0.2) is 36.2 Å². The molecule has 0 radical (unpaired) electrons. The van der Waals surface area contributed by atoms with Crippen LogP contribution in [0.5, 0.6) is 0 Å². The molecule has 6 heteroatoms. The van der Waals surface area contributed by atoms with Crippen LogP contribution >= 0.6 is 11.3 Å². The molecule has 1 N–H and O–H groups in total. The molecule has 0 spiro atoms. The van der Waals surface area contributed by atoms with Crippen molar-refractivity contribution in [2.45, 2.75) is 44.9 Å². The molecule has 1 fully saturated rings. The van der Waals surface area contributed by atoms with Crippen molar-refractivity contribution in [3.63, 3.8) is 0 Å². The van der Waals surface area contributed by atoms with Crippen LogP contribution in [0.2, 0.25) is 0 Å². The Morgan fingerprint density at radius 1 is 1.46 bits per heavy atom. The first kappa shape index (κ1) is 17.0. The number of carbonyl (C=O) groups excluding carboxylic acids is 1. The summed E-state index contributed by atoms with van der Waals surface area (Å²) in [6.07, 6.45) is 4.59. The zero-order chi connectivity index (χ0) is 16.8. The highest BCUT2D eigenvalue weighted by atomic mass is 32.1. The van der Waals surface area contributed by atoms with Crippen molar-refractivity contribution in [1.82, 2.24) is 10.2 Å². The molecule has 0 aromatic carbocycles. The van der Waals surface area contributed by atoms with Crippen LogP contribution in [0.1, 0.15) is 30.4 Å². The van der Waals surface area contributed by atoms with E-state index in [-0.39, 0.29) is 18.2 Å². The lowest BCUT2D eigenvalue weighted by Gasteiger charge is -2.27. The summed E-state index contributed by atoms with van der Waals surface area (Å²) in [4.78, 5) is 15.8. The maximum absolute atomic E-state index is 12.7. The molecular formula is C18H24N2O3S. The van der Waals surface area contributed by atoms with Gasteiger partial charge in [-0.25, -0.2) is 4.79 Å². The first-order chi connectivity index (χ1) is 11.7. The number of urea groups is 1. The molecule has 0 saturated carbocycles. The Balaban J connectivity index is 1.58. The molecule has 1 aliphatic heterocycles. The highest BCUT2D eigenvalue weighted by Crippen LogP contribution is 2.17. The molecule has 3 rings (SSSR count). The second kappa shape index (κ2) is 8.35. The summed E-state index contributed by atoms with van der Waals surface area (Å²) in [5.41, 5.74) is 0. The standard InChI is InChI=1S/C18H24N2O3S/c1-14(11-15-5-2-8-22-15)19-18(21)20(12-16-6-3-9-23-16)13-17-7-4-10-24-17/h2,4-5,7-8,10,14,16H,3,6,9,11-13H2,1H3,(H,19,21)/t14-,16+/m1/s1. The average molecular weight is 348 g/mol. The molecule has 2 atom stereocenters. The smallest absolute Gasteiger partial charge is 0.318 e. The summed E-state index contributed by atoms with van der Waals surface area (Å²) in [5.74, 6) is 0.881. The highest BCUT2D eigenvalue weighted by molar-refractivity contribution is 7.09. The largest absolute Gasteiger partial charge is 0.469 e. The molecule has 0 bridgehead atoms. The number of hydrogen-bond acceptors (Lipinski definition) is 4. The van der Waals surface area contributed by atoms with Gasteiger partial charge in [-0.3, -0.25) is 0 Å². The molecule has 2 aromatic rings. The van der Waals surface area contributed by atoms with Crippen molar-refractivity contribution in [1.29, 1.82) is 0 Å². The minimum atomic E-state index is -0.0436. The van der Waals surface area contributed by atoms with Gasteiger partial charge in [-0.1, -0.05) is 6.07 Å². The minimum Gasteiger partial charge on any atom is -0.469 e. The lowest BCUT2D eigenvalue weighted by atomic mass is 10.2. The Hall–Kier alpha value is -1.79. The van der Waals surface area contributed by atoms with Gasteiger partial charge in [-0.05, 0) is 43.3 Å². The molecule has 0 aliphatic carbocycles. The second-order valence-corrected chi connectivity index (χ2v) is 7.26. The average Bonchev–Trinajstić information content (AvgIpc) is 3.30. The maximum Gasteiger partial charge on any atom is 0.318 e. The predicted octanol–water partition coefficient (Wildman–Crippen LogP) is 3.66. The molecule has 1 saturated heterocycles. The van der Waals surface area contributed by atoms with Crippen molar-refractivity contribution in [3.8, 4) is 0 Å². The van der Waals surface area contributed by atoms with Crippen LogP contribution in [0.4, 0.5) is 4.79 Å². The van der Waals surface area contributed by atoms with Gasteiger partial charge in [0, 0.05) is 30.5 Å². The van der Waals surface area contributed by atoms with E-state index in [1.54, 1.807) is 17.6 Å². The molecular weight excluding hydrogens is 324 g/mol. The monoisotopic (exact) mass is 348 g/mol. The normalized spacial score (nSPS) is 18.5. The van der Waals surface area contributed by atoms with Gasteiger partial charge in [0.2, 0.25) is 0 Å². The van der Waals surface area contributed by atoms with E-state index in [1.165, 1.54) is 4.88 Å². The first-order valence-corrected chi connectivity index (χ1v) is 9.30. The fourth-order valence-electron chi connectivity index (χ4n) is 2.93. The fourth-order valence-corrected chi connectivity index (χ4v) is 3.65. The number of thiophene rings is 1. The SMILES string of the molecule is C[C@H](Cc1ccco1)NC(=O)N(Cc1cccs1)C[C@@H]1CCCO1. The molecule has 3 heterocycles. The Kier molecular flexibility index (Phi) is 5.93. The zero-order valence-electron chi connectivity index (χ0n) is 13.9. The van der Waals surface area contributed by atoms with E-state index in [4.69, 9.17) is 9.15 Å². The summed E-state index contributed by atoms with van der Waals surface area (Å²) >= 11 is 1.67. The van der Waals surface area contributed by atoms with Crippen LogP contribution in [0, 0.1) is 0 Å². The van der Waals surface area contributed by atoms with Gasteiger partial charge >= 0.3 is 6.03 Å². The quantitative estimate of drug-likeness (QED) is 0.831. The number of nitrogens with zero attached hydrogens (tertiary/aromatic N) is 1. The molecule has 0 unspecified atom stereocenters. The summed E-state index contributed by atoms with van der Waals surface area (Å²) in [7, 11) is 0. The van der Waals surface area contributed by atoms with E-state index in [1.807, 2.05) is 35.4 Å². The Labute approximate surface area is 146 Å².